The van der Waals surface area contributed by atoms with Crippen LogP contribution in [0.25, 0.3) is 10.8 Å². The van der Waals surface area contributed by atoms with Gasteiger partial charge in [-0.2, -0.15) is 5.10 Å². The third-order valence-corrected chi connectivity index (χ3v) is 5.80. The second-order valence-corrected chi connectivity index (χ2v) is 7.54. The maximum Gasteiger partial charge on any atom is 0.0680 e. The van der Waals surface area contributed by atoms with Crippen molar-refractivity contribution in [2.75, 3.05) is 26.2 Å². The Morgan fingerprint density at radius 3 is 2.44 bits per heavy atom. The lowest BCUT2D eigenvalue weighted by Crippen LogP contribution is -2.43. The first-order chi connectivity index (χ1) is 13.2. The van der Waals surface area contributed by atoms with Crippen LogP contribution < -0.4 is 0 Å². The molecule has 3 nitrogen and oxygen atoms in total. The van der Waals surface area contributed by atoms with E-state index in [1.165, 1.54) is 16.3 Å². The quantitative estimate of drug-likeness (QED) is 0.556. The standard InChI is InChI=1S/C22H21Cl2N3/c23-21-10-4-7-18(22(21)24)15-25-27-13-11-26(12-14-27)16-19-8-3-6-17-5-1-2-9-20(17)19/h1-10,15H,11-14,16H2. The van der Waals surface area contributed by atoms with E-state index >= 15 is 0 Å². The number of piperazine rings is 1. The Hall–Kier alpha value is -2.07. The summed E-state index contributed by atoms with van der Waals surface area (Å²) in [5, 5.41) is 10.4. The molecule has 0 bridgehead atoms. The van der Waals surface area contributed by atoms with Gasteiger partial charge in [-0.15, -0.1) is 0 Å². The van der Waals surface area contributed by atoms with Gasteiger partial charge in [-0.25, -0.2) is 0 Å². The molecule has 0 radical (unpaired) electrons. The Morgan fingerprint density at radius 1 is 0.852 bits per heavy atom. The lowest BCUT2D eigenvalue weighted by Gasteiger charge is -2.33. The summed E-state index contributed by atoms with van der Waals surface area (Å²) in [4.78, 5) is 2.49. The molecule has 3 aromatic carbocycles. The molecule has 27 heavy (non-hydrogen) atoms. The lowest BCUT2D eigenvalue weighted by atomic mass is 10.0. The minimum Gasteiger partial charge on any atom is -0.295 e. The molecule has 1 saturated heterocycles. The third-order valence-electron chi connectivity index (χ3n) is 4.96. The fourth-order valence-corrected chi connectivity index (χ4v) is 3.80. The van der Waals surface area contributed by atoms with Crippen LogP contribution in [0.1, 0.15) is 11.1 Å². The smallest absolute Gasteiger partial charge is 0.0680 e. The number of hydrogen-bond donors (Lipinski definition) is 0. The molecule has 0 saturated carbocycles. The largest absolute Gasteiger partial charge is 0.295 e. The minimum atomic E-state index is 0.553. The van der Waals surface area contributed by atoms with Crippen LogP contribution in [0.4, 0.5) is 0 Å². The average Bonchev–Trinajstić information content (AvgIpc) is 2.70. The highest BCUT2D eigenvalue weighted by atomic mass is 35.5. The second kappa shape index (κ2) is 8.30. The zero-order chi connectivity index (χ0) is 18.6. The van der Waals surface area contributed by atoms with E-state index in [0.717, 1.165) is 38.3 Å². The molecule has 3 aromatic rings. The van der Waals surface area contributed by atoms with Gasteiger partial charge in [0.25, 0.3) is 0 Å². The van der Waals surface area contributed by atoms with Crippen molar-refractivity contribution in [1.29, 1.82) is 0 Å². The van der Waals surface area contributed by atoms with Crippen molar-refractivity contribution in [2.24, 2.45) is 5.10 Å². The van der Waals surface area contributed by atoms with Gasteiger partial charge in [0.15, 0.2) is 0 Å². The van der Waals surface area contributed by atoms with Crippen molar-refractivity contribution in [3.05, 3.63) is 81.8 Å². The Labute approximate surface area is 169 Å². The summed E-state index contributed by atoms with van der Waals surface area (Å²) in [5.74, 6) is 0. The van der Waals surface area contributed by atoms with Crippen LogP contribution in [0, 0.1) is 0 Å². The topological polar surface area (TPSA) is 18.8 Å². The van der Waals surface area contributed by atoms with Crippen LogP contribution >= 0.6 is 23.2 Å². The van der Waals surface area contributed by atoms with Crippen molar-refractivity contribution in [3.8, 4) is 0 Å². The molecule has 0 aliphatic carbocycles. The van der Waals surface area contributed by atoms with Gasteiger partial charge in [-0.3, -0.25) is 9.91 Å². The Balaban J connectivity index is 1.37. The predicted molar refractivity (Wildman–Crippen MR) is 115 cm³/mol. The zero-order valence-electron chi connectivity index (χ0n) is 15.0. The average molecular weight is 398 g/mol. The third kappa shape index (κ3) is 4.27. The summed E-state index contributed by atoms with van der Waals surface area (Å²) in [5.41, 5.74) is 2.23. The van der Waals surface area contributed by atoms with E-state index in [1.807, 2.05) is 12.1 Å². The fourth-order valence-electron chi connectivity index (χ4n) is 3.45. The lowest BCUT2D eigenvalue weighted by molar-refractivity contribution is 0.131. The molecule has 0 aromatic heterocycles. The molecule has 0 unspecified atom stereocenters. The molecule has 1 aliphatic heterocycles. The van der Waals surface area contributed by atoms with Gasteiger partial charge in [-0.05, 0) is 22.4 Å². The summed E-state index contributed by atoms with van der Waals surface area (Å²) >= 11 is 12.3. The number of fused-ring (bicyclic) bond motifs is 1. The first kappa shape index (κ1) is 18.3. The van der Waals surface area contributed by atoms with E-state index < -0.39 is 0 Å². The summed E-state index contributed by atoms with van der Waals surface area (Å²) in [6.07, 6.45) is 1.80. The van der Waals surface area contributed by atoms with Gasteiger partial charge >= 0.3 is 0 Å². The number of hydrogen-bond acceptors (Lipinski definition) is 3. The van der Waals surface area contributed by atoms with Crippen LogP contribution in [0.3, 0.4) is 0 Å². The Morgan fingerprint density at radius 2 is 1.59 bits per heavy atom. The van der Waals surface area contributed by atoms with Crippen molar-refractivity contribution in [3.63, 3.8) is 0 Å². The van der Waals surface area contributed by atoms with Gasteiger partial charge in [0, 0.05) is 38.3 Å². The molecule has 0 atom stereocenters. The molecule has 138 valence electrons. The highest BCUT2D eigenvalue weighted by molar-refractivity contribution is 6.43. The molecule has 0 N–H and O–H groups in total. The molecule has 0 amide bonds. The van der Waals surface area contributed by atoms with Crippen LogP contribution in [-0.4, -0.2) is 42.3 Å². The molecule has 1 aliphatic rings. The first-order valence-corrected chi connectivity index (χ1v) is 9.88. The Bertz CT molecular complexity index is 957. The van der Waals surface area contributed by atoms with E-state index in [1.54, 1.807) is 12.3 Å². The monoisotopic (exact) mass is 397 g/mol. The first-order valence-electron chi connectivity index (χ1n) is 9.12. The minimum absolute atomic E-state index is 0.553. The van der Waals surface area contributed by atoms with E-state index in [4.69, 9.17) is 23.2 Å². The van der Waals surface area contributed by atoms with Crippen molar-refractivity contribution in [1.82, 2.24) is 9.91 Å². The van der Waals surface area contributed by atoms with Crippen molar-refractivity contribution < 1.29 is 0 Å². The number of benzene rings is 3. The molecule has 5 heteroatoms. The second-order valence-electron chi connectivity index (χ2n) is 6.76. The molecular weight excluding hydrogens is 377 g/mol. The van der Waals surface area contributed by atoms with Gasteiger partial charge in [0.1, 0.15) is 0 Å². The number of halogens is 2. The van der Waals surface area contributed by atoms with Crippen LogP contribution in [0.15, 0.2) is 65.8 Å². The molecule has 1 fully saturated rings. The van der Waals surface area contributed by atoms with E-state index in [-0.39, 0.29) is 0 Å². The van der Waals surface area contributed by atoms with Gasteiger partial charge < -0.3 is 0 Å². The van der Waals surface area contributed by atoms with Crippen LogP contribution in [0.5, 0.6) is 0 Å². The van der Waals surface area contributed by atoms with Crippen LogP contribution in [-0.2, 0) is 6.54 Å². The zero-order valence-corrected chi connectivity index (χ0v) is 16.5. The van der Waals surface area contributed by atoms with Crippen molar-refractivity contribution in [2.45, 2.75) is 6.54 Å². The maximum atomic E-state index is 6.22. The molecule has 1 heterocycles. The molecular formula is C22H21Cl2N3. The fraction of sp³-hybridized carbons (Fsp3) is 0.227. The molecule has 4 rings (SSSR count). The SMILES string of the molecule is Clc1cccc(C=NN2CCN(Cc3cccc4ccccc34)CC2)c1Cl. The molecule has 0 spiro atoms. The van der Waals surface area contributed by atoms with Gasteiger partial charge in [0.2, 0.25) is 0 Å². The highest BCUT2D eigenvalue weighted by Crippen LogP contribution is 2.24. The predicted octanol–water partition coefficient (Wildman–Crippen LogP) is 5.30. The van der Waals surface area contributed by atoms with Gasteiger partial charge in [-0.1, -0.05) is 77.8 Å². The van der Waals surface area contributed by atoms with Gasteiger partial charge in [0.05, 0.1) is 16.3 Å². The van der Waals surface area contributed by atoms with Crippen LogP contribution in [0.2, 0.25) is 10.0 Å². The number of hydrazone groups is 1. The summed E-state index contributed by atoms with van der Waals surface area (Å²) < 4.78 is 0. The van der Waals surface area contributed by atoms with E-state index in [9.17, 15) is 0 Å². The maximum absolute atomic E-state index is 6.22. The summed E-state index contributed by atoms with van der Waals surface area (Å²) in [7, 11) is 0. The summed E-state index contributed by atoms with van der Waals surface area (Å²) in [6, 6.07) is 20.7. The van der Waals surface area contributed by atoms with Crippen molar-refractivity contribution >= 4 is 40.2 Å². The van der Waals surface area contributed by atoms with E-state index in [2.05, 4.69) is 57.5 Å². The normalized spacial score (nSPS) is 15.7. The number of rotatable bonds is 4. The number of nitrogens with zero attached hydrogens (tertiary/aromatic N) is 3. The summed E-state index contributed by atoms with van der Waals surface area (Å²) in [6.45, 7) is 4.76. The highest BCUT2D eigenvalue weighted by Gasteiger charge is 2.16. The van der Waals surface area contributed by atoms with E-state index in [0.29, 0.717) is 10.0 Å². The Kier molecular flexibility index (Phi) is 5.63.